The van der Waals surface area contributed by atoms with Gasteiger partial charge in [0.2, 0.25) is 5.91 Å². The van der Waals surface area contributed by atoms with Crippen LogP contribution in [0.1, 0.15) is 24.6 Å². The number of nitrogens with one attached hydrogen (secondary N) is 1. The number of nitrogens with two attached hydrogens (primary N) is 1. The van der Waals surface area contributed by atoms with Gasteiger partial charge in [-0.3, -0.25) is 9.59 Å². The van der Waals surface area contributed by atoms with Crippen LogP contribution in [0.2, 0.25) is 0 Å². The van der Waals surface area contributed by atoms with E-state index in [1.807, 2.05) is 4.90 Å². The summed E-state index contributed by atoms with van der Waals surface area (Å²) in [6.07, 6.45) is 2.11. The fraction of sp³-hybridized carbons (Fsp3) is 0.545. The van der Waals surface area contributed by atoms with Gasteiger partial charge < -0.3 is 21.1 Å². The topological polar surface area (TPSA) is 109 Å². The minimum Gasteiger partial charge on any atom is -0.480 e. The molecule has 0 bridgehead atoms. The quantitative estimate of drug-likeness (QED) is 0.716. The third kappa shape index (κ3) is 3.42. The van der Waals surface area contributed by atoms with Gasteiger partial charge in [-0.1, -0.05) is 0 Å². The molecule has 0 aliphatic carbocycles. The van der Waals surface area contributed by atoms with E-state index in [1.165, 1.54) is 11.3 Å². The average molecular weight is 284 g/mol. The molecule has 2 heterocycles. The van der Waals surface area contributed by atoms with Gasteiger partial charge in [0.05, 0.1) is 12.2 Å². The van der Waals surface area contributed by atoms with Crippen molar-refractivity contribution >= 4 is 28.3 Å². The molecule has 104 valence electrons. The fourth-order valence-corrected chi connectivity index (χ4v) is 2.61. The molecule has 8 heteroatoms. The lowest BCUT2D eigenvalue weighted by Crippen LogP contribution is -2.33. The molecule has 1 aromatic heterocycles. The predicted molar refractivity (Wildman–Crippen MR) is 71.0 cm³/mol. The summed E-state index contributed by atoms with van der Waals surface area (Å²) in [5, 5.41) is 13.8. The highest BCUT2D eigenvalue weighted by atomic mass is 32.1. The van der Waals surface area contributed by atoms with Crippen LogP contribution >= 0.6 is 11.3 Å². The van der Waals surface area contributed by atoms with Crippen LogP contribution in [0, 0.1) is 0 Å². The molecule has 1 aliphatic heterocycles. The number of anilines is 1. The van der Waals surface area contributed by atoms with Gasteiger partial charge in [-0.05, 0) is 12.8 Å². The minimum absolute atomic E-state index is 0.0387. The largest absolute Gasteiger partial charge is 0.480 e. The van der Waals surface area contributed by atoms with Crippen LogP contribution in [0.5, 0.6) is 0 Å². The van der Waals surface area contributed by atoms with E-state index in [9.17, 15) is 9.59 Å². The number of amides is 1. The second-order valence-corrected chi connectivity index (χ2v) is 5.19. The van der Waals surface area contributed by atoms with Crippen LogP contribution in [-0.2, 0) is 9.59 Å². The van der Waals surface area contributed by atoms with E-state index in [4.69, 9.17) is 10.8 Å². The molecule has 4 N–H and O–H groups in total. The Balaban J connectivity index is 1.86. The van der Waals surface area contributed by atoms with Gasteiger partial charge in [0.1, 0.15) is 6.04 Å². The third-order valence-corrected chi connectivity index (χ3v) is 3.77. The Hall–Kier alpha value is -1.67. The van der Waals surface area contributed by atoms with E-state index in [2.05, 4.69) is 10.3 Å². The molecule has 1 atom stereocenters. The van der Waals surface area contributed by atoms with Crippen LogP contribution in [0.3, 0.4) is 0 Å². The van der Waals surface area contributed by atoms with Crippen molar-refractivity contribution in [2.24, 2.45) is 5.73 Å². The van der Waals surface area contributed by atoms with Gasteiger partial charge in [-0.15, -0.1) is 11.3 Å². The van der Waals surface area contributed by atoms with Gasteiger partial charge in [0, 0.05) is 18.5 Å². The Morgan fingerprint density at radius 1 is 1.53 bits per heavy atom. The zero-order chi connectivity index (χ0) is 13.8. The lowest BCUT2D eigenvalue weighted by Gasteiger charge is -2.14. The molecular formula is C11H16N4O3S. The molecule has 1 aromatic rings. The molecule has 1 saturated heterocycles. The first-order valence-corrected chi connectivity index (χ1v) is 6.91. The van der Waals surface area contributed by atoms with Crippen molar-refractivity contribution in [3.8, 4) is 0 Å². The van der Waals surface area contributed by atoms with Gasteiger partial charge in [0.15, 0.2) is 5.13 Å². The molecule has 0 radical (unpaired) electrons. The van der Waals surface area contributed by atoms with Gasteiger partial charge in [-0.2, -0.15) is 0 Å². The summed E-state index contributed by atoms with van der Waals surface area (Å²) in [6, 6.07) is -1.12. The number of nitrogens with zero attached hydrogens (tertiary/aromatic N) is 2. The Morgan fingerprint density at radius 3 is 2.84 bits per heavy atom. The lowest BCUT2D eigenvalue weighted by molar-refractivity contribution is -0.138. The van der Waals surface area contributed by atoms with Crippen molar-refractivity contribution < 1.29 is 14.7 Å². The Morgan fingerprint density at radius 2 is 2.21 bits per heavy atom. The van der Waals surface area contributed by atoms with E-state index in [-0.39, 0.29) is 12.5 Å². The zero-order valence-electron chi connectivity index (χ0n) is 10.3. The van der Waals surface area contributed by atoms with Crippen molar-refractivity contribution in [3.63, 3.8) is 0 Å². The first-order valence-electron chi connectivity index (χ1n) is 6.03. The number of likely N-dealkylation sites (tertiary alicyclic amines) is 1. The molecule has 1 fully saturated rings. The Bertz CT molecular complexity index is 470. The summed E-state index contributed by atoms with van der Waals surface area (Å²) in [6.45, 7) is 1.80. The molecule has 19 heavy (non-hydrogen) atoms. The van der Waals surface area contributed by atoms with Crippen LogP contribution in [0.4, 0.5) is 5.13 Å². The third-order valence-electron chi connectivity index (χ3n) is 2.96. The number of carboxylic acid groups (broad SMARTS) is 1. The number of carbonyl (C=O) groups excluding carboxylic acids is 1. The maximum absolute atomic E-state index is 11.8. The summed E-state index contributed by atoms with van der Waals surface area (Å²) in [5.74, 6) is -1.08. The normalized spacial score (nSPS) is 16.4. The number of thiazole rings is 1. The van der Waals surface area contributed by atoms with E-state index in [0.29, 0.717) is 10.8 Å². The number of aromatic nitrogens is 1. The van der Waals surface area contributed by atoms with E-state index >= 15 is 0 Å². The van der Waals surface area contributed by atoms with Crippen molar-refractivity contribution in [1.29, 1.82) is 0 Å². The highest BCUT2D eigenvalue weighted by Gasteiger charge is 2.19. The Labute approximate surface area is 114 Å². The first-order chi connectivity index (χ1) is 9.08. The second-order valence-electron chi connectivity index (χ2n) is 4.33. The SMILES string of the molecule is NC(C(=O)O)c1csc(NCC(=O)N2CCCC2)n1. The molecule has 1 amide bonds. The first kappa shape index (κ1) is 13.8. The lowest BCUT2D eigenvalue weighted by atomic mass is 10.2. The molecule has 2 rings (SSSR count). The molecule has 0 spiro atoms. The number of aliphatic carboxylic acids is 1. The van der Waals surface area contributed by atoms with E-state index in [1.54, 1.807) is 5.38 Å². The average Bonchev–Trinajstić information content (AvgIpc) is 3.06. The predicted octanol–water partition coefficient (Wildman–Crippen LogP) is 0.262. The van der Waals surface area contributed by atoms with Crippen LogP contribution < -0.4 is 11.1 Å². The molecule has 0 saturated carbocycles. The van der Waals surface area contributed by atoms with Gasteiger partial charge in [0.25, 0.3) is 0 Å². The fourth-order valence-electron chi connectivity index (χ4n) is 1.87. The molecule has 7 nitrogen and oxygen atoms in total. The Kier molecular flexibility index (Phi) is 4.33. The number of hydrogen-bond donors (Lipinski definition) is 3. The van der Waals surface area contributed by atoms with E-state index < -0.39 is 12.0 Å². The summed E-state index contributed by atoms with van der Waals surface area (Å²) >= 11 is 1.24. The molecule has 0 aromatic carbocycles. The van der Waals surface area contributed by atoms with Crippen LogP contribution in [-0.4, -0.2) is 46.5 Å². The highest BCUT2D eigenvalue weighted by Crippen LogP contribution is 2.19. The maximum Gasteiger partial charge on any atom is 0.326 e. The highest BCUT2D eigenvalue weighted by molar-refractivity contribution is 7.13. The van der Waals surface area contributed by atoms with Crippen molar-refractivity contribution in [2.45, 2.75) is 18.9 Å². The van der Waals surface area contributed by atoms with Gasteiger partial charge in [-0.25, -0.2) is 4.98 Å². The number of carbonyl (C=O) groups is 2. The zero-order valence-corrected chi connectivity index (χ0v) is 11.2. The molecule has 1 aliphatic rings. The summed E-state index contributed by atoms with van der Waals surface area (Å²) < 4.78 is 0. The van der Waals surface area contributed by atoms with Crippen molar-refractivity contribution in [2.75, 3.05) is 25.0 Å². The van der Waals surface area contributed by atoms with E-state index in [0.717, 1.165) is 25.9 Å². The summed E-state index contributed by atoms with van der Waals surface area (Å²) in [7, 11) is 0. The second kappa shape index (κ2) is 5.98. The molecular weight excluding hydrogens is 268 g/mol. The number of hydrogen-bond acceptors (Lipinski definition) is 6. The smallest absolute Gasteiger partial charge is 0.326 e. The monoisotopic (exact) mass is 284 g/mol. The van der Waals surface area contributed by atoms with Crippen LogP contribution in [0.25, 0.3) is 0 Å². The van der Waals surface area contributed by atoms with Gasteiger partial charge >= 0.3 is 5.97 Å². The van der Waals surface area contributed by atoms with Crippen molar-refractivity contribution in [3.05, 3.63) is 11.1 Å². The maximum atomic E-state index is 11.8. The number of carboxylic acids is 1. The standard InChI is InChI=1S/C11H16N4O3S/c12-9(10(17)18)7-6-19-11(14-7)13-5-8(16)15-3-1-2-4-15/h6,9H,1-5,12H2,(H,13,14)(H,17,18). The minimum atomic E-state index is -1.12. The van der Waals surface area contributed by atoms with Crippen molar-refractivity contribution in [1.82, 2.24) is 9.88 Å². The summed E-state index contributed by atoms with van der Waals surface area (Å²) in [4.78, 5) is 28.4. The number of rotatable bonds is 5. The molecule has 1 unspecified atom stereocenters. The summed E-state index contributed by atoms with van der Waals surface area (Å²) in [5.41, 5.74) is 5.75. The van der Waals surface area contributed by atoms with Crippen LogP contribution in [0.15, 0.2) is 5.38 Å².